The number of aromatic nitrogens is 4. The zero-order chi connectivity index (χ0) is 26.3. The molecule has 8 nitrogen and oxygen atoms in total. The SMILES string of the molecule is N#CC1(c2ccc(CCC3(C4CCCC4)CC(=O)C(Cc4nc5ncccn5n4)C(=O)O3)cc2F)CCC1. The monoisotopic (exact) mass is 515 g/mol. The van der Waals surface area contributed by atoms with Gasteiger partial charge in [-0.15, -0.1) is 5.10 Å². The zero-order valence-electron chi connectivity index (χ0n) is 21.2. The number of hydrogen-bond donors (Lipinski definition) is 0. The molecule has 38 heavy (non-hydrogen) atoms. The molecule has 2 aliphatic carbocycles. The lowest BCUT2D eigenvalue weighted by molar-refractivity contribution is -0.185. The molecule has 0 spiro atoms. The van der Waals surface area contributed by atoms with Gasteiger partial charge in [0, 0.05) is 30.8 Å². The molecule has 0 bridgehead atoms. The van der Waals surface area contributed by atoms with Crippen LogP contribution in [0.2, 0.25) is 0 Å². The smallest absolute Gasteiger partial charge is 0.317 e. The van der Waals surface area contributed by atoms with Gasteiger partial charge in [-0.25, -0.2) is 13.9 Å². The van der Waals surface area contributed by atoms with Gasteiger partial charge in [0.2, 0.25) is 0 Å². The standard InChI is InChI=1S/C29H30FN5O3/c30-23-15-19(7-8-22(23)28(18-31)10-3-11-28)9-12-29(20-5-1-2-6-20)17-24(36)21(26(37)38-29)16-25-33-27-32-13-4-14-35(27)34-25/h4,7-8,13-15,20-21H,1-3,5-6,9-12,16-17H2. The van der Waals surface area contributed by atoms with Crippen molar-refractivity contribution in [3.63, 3.8) is 0 Å². The number of halogens is 1. The molecule has 9 heteroatoms. The Balaban J connectivity index is 1.20. The average Bonchev–Trinajstić information content (AvgIpc) is 3.56. The Morgan fingerprint density at radius 1 is 1.18 bits per heavy atom. The highest BCUT2D eigenvalue weighted by atomic mass is 19.1. The third-order valence-corrected chi connectivity index (χ3v) is 8.90. The Morgan fingerprint density at radius 3 is 2.66 bits per heavy atom. The topological polar surface area (TPSA) is 110 Å². The molecule has 3 aromatic rings. The van der Waals surface area contributed by atoms with Crippen molar-refractivity contribution in [1.29, 1.82) is 5.26 Å². The van der Waals surface area contributed by atoms with E-state index in [0.29, 0.717) is 42.8 Å². The molecule has 3 aliphatic rings. The number of fused-ring (bicyclic) bond motifs is 1. The van der Waals surface area contributed by atoms with Crippen molar-refractivity contribution in [2.45, 2.75) is 81.6 Å². The second-order valence-electron chi connectivity index (χ2n) is 11.1. The van der Waals surface area contributed by atoms with Gasteiger partial charge in [0.25, 0.3) is 5.78 Å². The van der Waals surface area contributed by atoms with E-state index in [1.54, 1.807) is 24.5 Å². The van der Waals surface area contributed by atoms with Crippen LogP contribution >= 0.6 is 0 Å². The van der Waals surface area contributed by atoms with E-state index in [-0.39, 0.29) is 30.4 Å². The summed E-state index contributed by atoms with van der Waals surface area (Å²) in [6.07, 6.45) is 10.7. The third-order valence-electron chi connectivity index (χ3n) is 8.90. The lowest BCUT2D eigenvalue weighted by Gasteiger charge is -2.43. The Bertz CT molecular complexity index is 1380. The van der Waals surface area contributed by atoms with Crippen LogP contribution in [0.15, 0.2) is 36.7 Å². The van der Waals surface area contributed by atoms with E-state index < -0.39 is 22.9 Å². The molecule has 1 aromatic carbocycles. The van der Waals surface area contributed by atoms with E-state index in [2.05, 4.69) is 21.1 Å². The van der Waals surface area contributed by atoms with Crippen LogP contribution in [0, 0.1) is 29.0 Å². The molecule has 0 amide bonds. The summed E-state index contributed by atoms with van der Waals surface area (Å²) in [6.45, 7) is 0. The fourth-order valence-electron chi connectivity index (χ4n) is 6.55. The molecule has 2 aromatic heterocycles. The number of rotatable bonds is 7. The van der Waals surface area contributed by atoms with Crippen molar-refractivity contribution in [1.82, 2.24) is 19.6 Å². The first-order chi connectivity index (χ1) is 18.4. The van der Waals surface area contributed by atoms with Gasteiger partial charge in [0.05, 0.1) is 11.5 Å². The van der Waals surface area contributed by atoms with Gasteiger partial charge >= 0.3 is 5.97 Å². The van der Waals surface area contributed by atoms with Gasteiger partial charge < -0.3 is 4.74 Å². The molecule has 1 saturated heterocycles. The van der Waals surface area contributed by atoms with E-state index in [1.807, 2.05) is 6.07 Å². The highest BCUT2D eigenvalue weighted by molar-refractivity contribution is 6.01. The minimum atomic E-state index is -0.941. The number of esters is 1. The lowest BCUT2D eigenvalue weighted by Crippen LogP contribution is -2.52. The number of nitriles is 1. The van der Waals surface area contributed by atoms with Crippen LogP contribution in [0.4, 0.5) is 4.39 Å². The van der Waals surface area contributed by atoms with Crippen LogP contribution < -0.4 is 0 Å². The second kappa shape index (κ2) is 9.57. The first kappa shape index (κ1) is 24.7. The van der Waals surface area contributed by atoms with Crippen LogP contribution in [-0.4, -0.2) is 36.9 Å². The quantitative estimate of drug-likeness (QED) is 0.338. The molecule has 0 radical (unpaired) electrons. The molecule has 2 saturated carbocycles. The number of Topliss-reactive ketones (excluding diaryl/α,β-unsaturated/α-hetero) is 1. The van der Waals surface area contributed by atoms with Crippen LogP contribution in [0.25, 0.3) is 5.78 Å². The molecule has 2 atom stereocenters. The number of ketones is 1. The van der Waals surface area contributed by atoms with Crippen molar-refractivity contribution in [3.8, 4) is 6.07 Å². The van der Waals surface area contributed by atoms with Gasteiger partial charge in [0.15, 0.2) is 11.6 Å². The van der Waals surface area contributed by atoms with Crippen molar-refractivity contribution < 1.29 is 18.7 Å². The Morgan fingerprint density at radius 2 is 2.00 bits per heavy atom. The van der Waals surface area contributed by atoms with Gasteiger partial charge in [-0.1, -0.05) is 25.0 Å². The van der Waals surface area contributed by atoms with E-state index in [1.165, 1.54) is 10.6 Å². The minimum Gasteiger partial charge on any atom is -0.458 e. The summed E-state index contributed by atoms with van der Waals surface area (Å²) < 4.78 is 22.8. The highest BCUT2D eigenvalue weighted by Gasteiger charge is 2.51. The maximum Gasteiger partial charge on any atom is 0.317 e. The second-order valence-corrected chi connectivity index (χ2v) is 11.1. The number of carbonyl (C=O) groups excluding carboxylic acids is 2. The van der Waals surface area contributed by atoms with Gasteiger partial charge in [-0.3, -0.25) is 9.59 Å². The van der Waals surface area contributed by atoms with Gasteiger partial charge in [-0.05, 0) is 68.6 Å². The summed E-state index contributed by atoms with van der Waals surface area (Å²) >= 11 is 0. The maximum absolute atomic E-state index is 15.1. The number of aryl methyl sites for hydroxylation is 1. The molecular formula is C29H30FN5O3. The summed E-state index contributed by atoms with van der Waals surface area (Å²) in [5.41, 5.74) is -0.340. The van der Waals surface area contributed by atoms with Crippen LogP contribution in [0.1, 0.15) is 74.7 Å². The first-order valence-corrected chi connectivity index (χ1v) is 13.5. The Hall–Kier alpha value is -3.67. The van der Waals surface area contributed by atoms with Crippen molar-refractivity contribution in [3.05, 3.63) is 59.4 Å². The first-order valence-electron chi connectivity index (χ1n) is 13.5. The van der Waals surface area contributed by atoms with Crippen molar-refractivity contribution in [2.75, 3.05) is 0 Å². The number of benzene rings is 1. The molecule has 6 rings (SSSR count). The minimum absolute atomic E-state index is 0.0785. The highest BCUT2D eigenvalue weighted by Crippen LogP contribution is 2.46. The van der Waals surface area contributed by atoms with Gasteiger partial charge in [-0.2, -0.15) is 10.2 Å². The summed E-state index contributed by atoms with van der Waals surface area (Å²) in [5, 5.41) is 13.9. The summed E-state index contributed by atoms with van der Waals surface area (Å²) in [6, 6.07) is 9.16. The number of cyclic esters (lactones) is 1. The van der Waals surface area contributed by atoms with Crippen molar-refractivity contribution in [2.24, 2.45) is 11.8 Å². The number of ether oxygens (including phenoxy) is 1. The van der Waals surface area contributed by atoms with Crippen molar-refractivity contribution >= 4 is 17.5 Å². The number of nitrogens with zero attached hydrogens (tertiary/aromatic N) is 5. The summed E-state index contributed by atoms with van der Waals surface area (Å²) in [5.74, 6) is -1.08. The normalized spacial score (nSPS) is 25.2. The van der Waals surface area contributed by atoms with Gasteiger partial charge in [0.1, 0.15) is 17.3 Å². The predicted molar refractivity (Wildman–Crippen MR) is 134 cm³/mol. The molecule has 196 valence electrons. The molecule has 3 heterocycles. The molecule has 1 aliphatic heterocycles. The molecular weight excluding hydrogens is 485 g/mol. The number of hydrogen-bond acceptors (Lipinski definition) is 7. The number of carbonyl (C=O) groups is 2. The maximum atomic E-state index is 15.1. The fraction of sp³-hybridized carbons (Fsp3) is 0.517. The average molecular weight is 516 g/mol. The van der Waals surface area contributed by atoms with E-state index in [0.717, 1.165) is 37.7 Å². The predicted octanol–water partition coefficient (Wildman–Crippen LogP) is 4.45. The molecule has 2 unspecified atom stereocenters. The fourth-order valence-corrected chi connectivity index (χ4v) is 6.55. The van der Waals surface area contributed by atoms with Crippen LogP contribution in [0.3, 0.4) is 0 Å². The third kappa shape index (κ3) is 4.26. The lowest BCUT2D eigenvalue weighted by atomic mass is 9.65. The Labute approximate surface area is 220 Å². The molecule has 0 N–H and O–H groups in total. The van der Waals surface area contributed by atoms with E-state index in [4.69, 9.17) is 4.74 Å². The van der Waals surface area contributed by atoms with E-state index >= 15 is 4.39 Å². The zero-order valence-corrected chi connectivity index (χ0v) is 21.2. The van der Waals surface area contributed by atoms with Crippen LogP contribution in [0.5, 0.6) is 0 Å². The Kier molecular flexibility index (Phi) is 6.21. The summed E-state index contributed by atoms with van der Waals surface area (Å²) in [7, 11) is 0. The van der Waals surface area contributed by atoms with Crippen LogP contribution in [-0.2, 0) is 32.6 Å². The molecule has 3 fully saturated rings. The van der Waals surface area contributed by atoms with E-state index in [9.17, 15) is 14.9 Å². The largest absolute Gasteiger partial charge is 0.458 e. The summed E-state index contributed by atoms with van der Waals surface area (Å²) in [4.78, 5) is 35.2.